The van der Waals surface area contributed by atoms with Gasteiger partial charge in [0.15, 0.2) is 11.5 Å². The van der Waals surface area contributed by atoms with Crippen LogP contribution in [-0.2, 0) is 9.59 Å². The summed E-state index contributed by atoms with van der Waals surface area (Å²) in [7, 11) is 0. The van der Waals surface area contributed by atoms with Crippen molar-refractivity contribution in [1.82, 2.24) is 0 Å². The van der Waals surface area contributed by atoms with Crippen molar-refractivity contribution in [2.75, 3.05) is 6.61 Å². The number of carbonyl (C=O) groups excluding carboxylic acids is 2. The normalized spacial score (nSPS) is 46.6. The van der Waals surface area contributed by atoms with Gasteiger partial charge in [-0.15, -0.1) is 0 Å². The number of carbonyl (C=O) groups is 2. The highest BCUT2D eigenvalue weighted by Gasteiger charge is 2.60. The van der Waals surface area contributed by atoms with E-state index in [2.05, 4.69) is 6.92 Å². The molecule has 0 aliphatic heterocycles. The van der Waals surface area contributed by atoms with Crippen LogP contribution in [-0.4, -0.2) is 28.4 Å². The monoisotopic (exact) mass is 320 g/mol. The van der Waals surface area contributed by atoms with Crippen LogP contribution < -0.4 is 0 Å². The van der Waals surface area contributed by atoms with Gasteiger partial charge in [0.2, 0.25) is 5.78 Å². The Balaban J connectivity index is 1.92. The summed E-state index contributed by atoms with van der Waals surface area (Å²) in [5.41, 5.74) is -0.878. The summed E-state index contributed by atoms with van der Waals surface area (Å²) in [5.74, 6) is 0.405. The van der Waals surface area contributed by atoms with E-state index in [4.69, 9.17) is 0 Å². The van der Waals surface area contributed by atoms with Crippen LogP contribution in [0.4, 0.5) is 0 Å². The van der Waals surface area contributed by atoms with Crippen molar-refractivity contribution in [3.63, 3.8) is 0 Å². The minimum atomic E-state index is -0.473. The molecule has 4 heteroatoms. The summed E-state index contributed by atoms with van der Waals surface area (Å²) >= 11 is 0. The van der Waals surface area contributed by atoms with Gasteiger partial charge in [0.05, 0.1) is 0 Å². The predicted molar refractivity (Wildman–Crippen MR) is 86.8 cm³/mol. The molecule has 5 atom stereocenters. The van der Waals surface area contributed by atoms with Crippen molar-refractivity contribution in [2.45, 2.75) is 59.3 Å². The van der Waals surface area contributed by atoms with Crippen LogP contribution in [0.25, 0.3) is 0 Å². The summed E-state index contributed by atoms with van der Waals surface area (Å²) in [6, 6.07) is 0. The maximum absolute atomic E-state index is 12.6. The largest absolute Gasteiger partial charge is 0.505 e. The lowest BCUT2D eigenvalue weighted by atomic mass is 9.43. The first-order valence-corrected chi connectivity index (χ1v) is 8.75. The van der Waals surface area contributed by atoms with E-state index in [1.54, 1.807) is 6.08 Å². The van der Waals surface area contributed by atoms with E-state index in [0.717, 1.165) is 38.5 Å². The summed E-state index contributed by atoms with van der Waals surface area (Å²) in [6.45, 7) is 5.89. The Morgan fingerprint density at radius 2 is 1.96 bits per heavy atom. The molecule has 0 heterocycles. The Bertz CT molecular complexity index is 580. The summed E-state index contributed by atoms with van der Waals surface area (Å²) < 4.78 is 0. The van der Waals surface area contributed by atoms with Crippen LogP contribution in [0.3, 0.4) is 0 Å². The van der Waals surface area contributed by atoms with Crippen molar-refractivity contribution in [3.8, 4) is 0 Å². The maximum Gasteiger partial charge on any atom is 0.202 e. The maximum atomic E-state index is 12.6. The molecule has 128 valence electrons. The molecule has 3 aliphatic carbocycles. The molecule has 0 aromatic rings. The van der Waals surface area contributed by atoms with Crippen molar-refractivity contribution in [1.29, 1.82) is 0 Å². The fraction of sp³-hybridized carbons (Fsp3) is 0.789. The van der Waals surface area contributed by atoms with Gasteiger partial charge in [-0.3, -0.25) is 9.59 Å². The Hall–Kier alpha value is -1.16. The number of hydrogen-bond acceptors (Lipinski definition) is 4. The Kier molecular flexibility index (Phi) is 3.75. The van der Waals surface area contributed by atoms with Crippen LogP contribution in [0.2, 0.25) is 0 Å². The zero-order chi connectivity index (χ0) is 17.0. The number of rotatable bonds is 2. The van der Waals surface area contributed by atoms with Gasteiger partial charge < -0.3 is 10.2 Å². The van der Waals surface area contributed by atoms with Crippen LogP contribution >= 0.6 is 0 Å². The highest BCUT2D eigenvalue weighted by Crippen LogP contribution is 2.64. The second-order valence-corrected chi connectivity index (χ2v) is 8.71. The van der Waals surface area contributed by atoms with Crippen LogP contribution in [0.5, 0.6) is 0 Å². The number of allylic oxidation sites excluding steroid dienone is 2. The summed E-state index contributed by atoms with van der Waals surface area (Å²) in [6.07, 6.45) is 6.60. The Morgan fingerprint density at radius 3 is 2.61 bits per heavy atom. The van der Waals surface area contributed by atoms with E-state index in [0.29, 0.717) is 5.92 Å². The van der Waals surface area contributed by atoms with Gasteiger partial charge in [0.25, 0.3) is 0 Å². The molecule has 0 aromatic heterocycles. The molecule has 0 saturated heterocycles. The second kappa shape index (κ2) is 5.17. The third-order valence-corrected chi connectivity index (χ3v) is 7.54. The number of hydrogen-bond donors (Lipinski definition) is 2. The minimum Gasteiger partial charge on any atom is -0.505 e. The van der Waals surface area contributed by atoms with E-state index >= 15 is 0 Å². The van der Waals surface area contributed by atoms with Gasteiger partial charge in [-0.25, -0.2) is 0 Å². The lowest BCUT2D eigenvalue weighted by molar-refractivity contribution is -0.157. The zero-order valence-corrected chi connectivity index (χ0v) is 14.4. The standard InChI is InChI=1S/C19H28O4/c1-17(15(22)11-20)8-9-18(2)12(10-17)6-7-19(3)14(18)5-4-13(21)16(19)23/h4,12,14,20-21H,5-11H2,1-3H3/t12-,14+,17-,18-,19-/m0/s1. The number of aliphatic hydroxyl groups excluding tert-OH is 2. The first kappa shape index (κ1) is 16.7. The van der Waals surface area contributed by atoms with E-state index in [1.807, 2.05) is 13.8 Å². The first-order valence-electron chi connectivity index (χ1n) is 8.75. The lowest BCUT2D eigenvalue weighted by Crippen LogP contribution is -2.57. The van der Waals surface area contributed by atoms with Gasteiger partial charge in [-0.05, 0) is 61.9 Å². The molecule has 4 nitrogen and oxygen atoms in total. The quantitative estimate of drug-likeness (QED) is 0.819. The Morgan fingerprint density at radius 1 is 1.26 bits per heavy atom. The molecule has 2 fully saturated rings. The smallest absolute Gasteiger partial charge is 0.202 e. The van der Waals surface area contributed by atoms with Gasteiger partial charge in [-0.1, -0.05) is 20.8 Å². The number of ketones is 2. The average molecular weight is 320 g/mol. The molecule has 23 heavy (non-hydrogen) atoms. The highest BCUT2D eigenvalue weighted by molar-refractivity contribution is 5.98. The average Bonchev–Trinajstić information content (AvgIpc) is 2.52. The van der Waals surface area contributed by atoms with E-state index in [9.17, 15) is 19.8 Å². The van der Waals surface area contributed by atoms with Crippen LogP contribution in [0, 0.1) is 28.1 Å². The second-order valence-electron chi connectivity index (χ2n) is 8.71. The molecule has 3 rings (SSSR count). The molecule has 2 saturated carbocycles. The van der Waals surface area contributed by atoms with E-state index in [1.165, 1.54) is 0 Å². The fourth-order valence-corrected chi connectivity index (χ4v) is 5.75. The molecule has 0 bridgehead atoms. The topological polar surface area (TPSA) is 74.6 Å². The van der Waals surface area contributed by atoms with E-state index < -0.39 is 10.8 Å². The molecule has 0 aromatic carbocycles. The van der Waals surface area contributed by atoms with Gasteiger partial charge >= 0.3 is 0 Å². The molecule has 0 unspecified atom stereocenters. The Labute approximate surface area is 138 Å². The SMILES string of the molecule is C[C@]1(C(=O)CO)CC[C@@]2(C)[C@@H](CC[C@]3(C)C(=O)C(O)=CC[C@H]23)C1. The fourth-order valence-electron chi connectivity index (χ4n) is 5.75. The van der Waals surface area contributed by atoms with Crippen molar-refractivity contribution >= 4 is 11.6 Å². The molecular formula is C19H28O4. The molecule has 0 amide bonds. The molecule has 0 radical (unpaired) electrons. The molecule has 0 spiro atoms. The first-order chi connectivity index (χ1) is 10.7. The van der Waals surface area contributed by atoms with Gasteiger partial charge in [0, 0.05) is 10.8 Å². The molecule has 3 aliphatic rings. The summed E-state index contributed by atoms with van der Waals surface area (Å²) in [4.78, 5) is 24.7. The third-order valence-electron chi connectivity index (χ3n) is 7.54. The highest BCUT2D eigenvalue weighted by atomic mass is 16.3. The minimum absolute atomic E-state index is 0.0229. The third kappa shape index (κ3) is 2.21. The van der Waals surface area contributed by atoms with E-state index in [-0.39, 0.29) is 35.3 Å². The zero-order valence-electron chi connectivity index (χ0n) is 14.4. The van der Waals surface area contributed by atoms with Crippen molar-refractivity contribution < 1.29 is 19.8 Å². The van der Waals surface area contributed by atoms with Crippen molar-refractivity contribution in [3.05, 3.63) is 11.8 Å². The molecule has 2 N–H and O–H groups in total. The number of Topliss-reactive ketones (excluding diaryl/α,β-unsaturated/α-hetero) is 2. The predicted octanol–water partition coefficient (Wildman–Crippen LogP) is 3.19. The van der Waals surface area contributed by atoms with Gasteiger partial charge in [0.1, 0.15) is 6.61 Å². The lowest BCUT2D eigenvalue weighted by Gasteiger charge is -2.60. The summed E-state index contributed by atoms with van der Waals surface area (Å²) in [5, 5.41) is 19.2. The number of fused-ring (bicyclic) bond motifs is 3. The molecular weight excluding hydrogens is 292 g/mol. The number of aliphatic hydroxyl groups is 2. The van der Waals surface area contributed by atoms with Gasteiger partial charge in [-0.2, -0.15) is 0 Å². The van der Waals surface area contributed by atoms with Crippen LogP contribution in [0.15, 0.2) is 11.8 Å². The van der Waals surface area contributed by atoms with Crippen molar-refractivity contribution in [2.24, 2.45) is 28.1 Å². The van der Waals surface area contributed by atoms with Crippen LogP contribution in [0.1, 0.15) is 59.3 Å².